The van der Waals surface area contributed by atoms with E-state index in [9.17, 15) is 26.4 Å². The van der Waals surface area contributed by atoms with Gasteiger partial charge in [-0.05, 0) is 30.3 Å². The van der Waals surface area contributed by atoms with Crippen LogP contribution in [0.4, 0.5) is 18.9 Å². The van der Waals surface area contributed by atoms with Crippen LogP contribution in [-0.2, 0) is 10.0 Å². The summed E-state index contributed by atoms with van der Waals surface area (Å²) in [6, 6.07) is 8.59. The van der Waals surface area contributed by atoms with E-state index in [4.69, 9.17) is 11.6 Å². The minimum Gasteiger partial charge on any atom is -0.404 e. The van der Waals surface area contributed by atoms with Gasteiger partial charge in [-0.2, -0.15) is 4.31 Å². The highest BCUT2D eigenvalue weighted by Gasteiger charge is 2.32. The van der Waals surface area contributed by atoms with Gasteiger partial charge in [-0.15, -0.1) is 13.2 Å². The van der Waals surface area contributed by atoms with Crippen LogP contribution in [0.2, 0.25) is 5.02 Å². The molecule has 2 aromatic carbocycles. The lowest BCUT2D eigenvalue weighted by Crippen LogP contribution is -2.31. The van der Waals surface area contributed by atoms with Gasteiger partial charge in [0.25, 0.3) is 5.91 Å². The highest BCUT2D eigenvalue weighted by molar-refractivity contribution is 7.89. The maximum atomic E-state index is 12.7. The molecular weight excluding hydrogens is 433 g/mol. The summed E-state index contributed by atoms with van der Waals surface area (Å²) in [5.74, 6) is -1.42. The average molecular weight is 451 g/mol. The monoisotopic (exact) mass is 450 g/mol. The summed E-state index contributed by atoms with van der Waals surface area (Å²) in [4.78, 5) is 12.3. The number of sulfonamides is 1. The molecule has 0 bridgehead atoms. The number of halogens is 4. The molecule has 0 aliphatic heterocycles. The van der Waals surface area contributed by atoms with Crippen molar-refractivity contribution < 1.29 is 31.1 Å². The highest BCUT2D eigenvalue weighted by Crippen LogP contribution is 2.31. The summed E-state index contributed by atoms with van der Waals surface area (Å²) in [6.07, 6.45) is -4.94. The van der Waals surface area contributed by atoms with Gasteiger partial charge in [-0.25, -0.2) is 8.42 Å². The molecule has 0 fully saturated rings. The van der Waals surface area contributed by atoms with E-state index in [1.807, 2.05) is 0 Å². The standard InChI is InChI=1S/C18H18ClF3N2O4S/c1-3-24(4-2)29(26,27)16-11-12(9-10-13(16)19)17(25)23-14-7-5-6-8-15(14)28-18(20,21)22/h5-11H,3-4H2,1-2H3,(H,23,25). The molecule has 0 spiro atoms. The second-order valence-electron chi connectivity index (χ2n) is 5.73. The molecule has 0 unspecified atom stereocenters. The van der Waals surface area contributed by atoms with Crippen molar-refractivity contribution in [1.29, 1.82) is 0 Å². The van der Waals surface area contributed by atoms with Crippen LogP contribution in [0.15, 0.2) is 47.4 Å². The first kappa shape index (κ1) is 23.0. The molecule has 0 heterocycles. The van der Waals surface area contributed by atoms with Gasteiger partial charge >= 0.3 is 6.36 Å². The second-order valence-corrected chi connectivity index (χ2v) is 8.05. The van der Waals surface area contributed by atoms with Gasteiger partial charge < -0.3 is 10.1 Å². The van der Waals surface area contributed by atoms with Gasteiger partial charge in [-0.1, -0.05) is 37.6 Å². The van der Waals surface area contributed by atoms with Gasteiger partial charge in [0.2, 0.25) is 10.0 Å². The summed E-state index contributed by atoms with van der Waals surface area (Å²) >= 11 is 6.02. The van der Waals surface area contributed by atoms with E-state index >= 15 is 0 Å². The summed E-state index contributed by atoms with van der Waals surface area (Å²) in [6.45, 7) is 3.72. The Morgan fingerprint density at radius 3 is 2.34 bits per heavy atom. The predicted molar refractivity (Wildman–Crippen MR) is 103 cm³/mol. The molecule has 2 aromatic rings. The molecule has 0 saturated carbocycles. The molecule has 29 heavy (non-hydrogen) atoms. The van der Waals surface area contributed by atoms with Crippen LogP contribution in [0.3, 0.4) is 0 Å². The Labute approximate surface area is 171 Å². The zero-order valence-corrected chi connectivity index (χ0v) is 17.0. The normalized spacial score (nSPS) is 12.1. The molecule has 158 valence electrons. The van der Waals surface area contributed by atoms with Crippen molar-refractivity contribution in [3.8, 4) is 5.75 Å². The van der Waals surface area contributed by atoms with E-state index in [1.165, 1.54) is 34.6 Å². The first-order valence-corrected chi connectivity index (χ1v) is 10.3. The van der Waals surface area contributed by atoms with Crippen LogP contribution in [-0.4, -0.2) is 38.1 Å². The number of alkyl halides is 3. The van der Waals surface area contributed by atoms with Crippen molar-refractivity contribution in [2.45, 2.75) is 25.1 Å². The Balaban J connectivity index is 2.37. The number of anilines is 1. The Hall–Kier alpha value is -2.30. The molecule has 2 rings (SSSR count). The Kier molecular flexibility index (Phi) is 7.15. The number of hydrogen-bond donors (Lipinski definition) is 1. The molecule has 11 heteroatoms. The minimum atomic E-state index is -4.94. The Morgan fingerprint density at radius 1 is 1.14 bits per heavy atom. The number of rotatable bonds is 7. The maximum Gasteiger partial charge on any atom is 0.573 e. The number of para-hydroxylation sites is 2. The molecule has 1 N–H and O–H groups in total. The zero-order chi connectivity index (χ0) is 21.8. The van der Waals surface area contributed by atoms with Crippen LogP contribution in [0.1, 0.15) is 24.2 Å². The molecule has 0 aliphatic rings. The third-order valence-corrected chi connectivity index (χ3v) is 6.41. The van der Waals surface area contributed by atoms with Gasteiger partial charge in [0.1, 0.15) is 4.90 Å². The van der Waals surface area contributed by atoms with Crippen molar-refractivity contribution in [2.75, 3.05) is 18.4 Å². The van der Waals surface area contributed by atoms with E-state index < -0.39 is 28.0 Å². The molecular formula is C18H18ClF3N2O4S. The molecule has 0 radical (unpaired) electrons. The average Bonchev–Trinajstić information content (AvgIpc) is 2.63. The fraction of sp³-hybridized carbons (Fsp3) is 0.278. The SMILES string of the molecule is CCN(CC)S(=O)(=O)c1cc(C(=O)Nc2ccccc2OC(F)(F)F)ccc1Cl. The van der Waals surface area contributed by atoms with Crippen molar-refractivity contribution >= 4 is 33.2 Å². The first-order chi connectivity index (χ1) is 13.5. The van der Waals surface area contributed by atoms with Gasteiger partial charge in [0.05, 0.1) is 10.7 Å². The van der Waals surface area contributed by atoms with E-state index in [1.54, 1.807) is 13.8 Å². The fourth-order valence-corrected chi connectivity index (χ4v) is 4.48. The minimum absolute atomic E-state index is 0.0748. The summed E-state index contributed by atoms with van der Waals surface area (Å²) in [5.41, 5.74) is -0.320. The Bertz CT molecular complexity index is 993. The third kappa shape index (κ3) is 5.62. The predicted octanol–water partition coefficient (Wildman–Crippen LogP) is 4.52. The number of amides is 1. The highest BCUT2D eigenvalue weighted by atomic mass is 35.5. The molecule has 1 amide bonds. The largest absolute Gasteiger partial charge is 0.573 e. The first-order valence-electron chi connectivity index (χ1n) is 8.45. The fourth-order valence-electron chi connectivity index (χ4n) is 2.52. The lowest BCUT2D eigenvalue weighted by atomic mass is 10.2. The molecule has 0 saturated heterocycles. The van der Waals surface area contributed by atoms with Gasteiger partial charge in [0.15, 0.2) is 5.75 Å². The van der Waals surface area contributed by atoms with Crippen LogP contribution >= 0.6 is 11.6 Å². The zero-order valence-electron chi connectivity index (χ0n) is 15.5. The topological polar surface area (TPSA) is 75.7 Å². The van der Waals surface area contributed by atoms with Crippen molar-refractivity contribution in [3.63, 3.8) is 0 Å². The molecule has 6 nitrogen and oxygen atoms in total. The van der Waals surface area contributed by atoms with Crippen molar-refractivity contribution in [3.05, 3.63) is 53.1 Å². The quantitative estimate of drug-likeness (QED) is 0.673. The van der Waals surface area contributed by atoms with Crippen LogP contribution in [0.5, 0.6) is 5.75 Å². The number of ether oxygens (including phenoxy) is 1. The molecule has 0 aliphatic carbocycles. The number of nitrogens with zero attached hydrogens (tertiary/aromatic N) is 1. The molecule has 0 atom stereocenters. The van der Waals surface area contributed by atoms with E-state index in [-0.39, 0.29) is 34.3 Å². The second kappa shape index (κ2) is 9.02. The number of carbonyl (C=O) groups excluding carboxylic acids is 1. The van der Waals surface area contributed by atoms with Crippen molar-refractivity contribution in [2.24, 2.45) is 0 Å². The lowest BCUT2D eigenvalue weighted by Gasteiger charge is -2.19. The summed E-state index contributed by atoms with van der Waals surface area (Å²) < 4.78 is 68.1. The van der Waals surface area contributed by atoms with Crippen LogP contribution < -0.4 is 10.1 Å². The van der Waals surface area contributed by atoms with E-state index in [0.29, 0.717) is 0 Å². The smallest absolute Gasteiger partial charge is 0.404 e. The van der Waals surface area contributed by atoms with Gasteiger partial charge in [-0.3, -0.25) is 4.79 Å². The van der Waals surface area contributed by atoms with E-state index in [2.05, 4.69) is 10.1 Å². The van der Waals surface area contributed by atoms with Crippen LogP contribution in [0, 0.1) is 0 Å². The number of carbonyl (C=O) groups is 1. The lowest BCUT2D eigenvalue weighted by molar-refractivity contribution is -0.274. The van der Waals surface area contributed by atoms with Gasteiger partial charge in [0, 0.05) is 18.7 Å². The Morgan fingerprint density at radius 2 is 1.76 bits per heavy atom. The summed E-state index contributed by atoms with van der Waals surface area (Å²) in [5, 5.41) is 2.21. The number of benzene rings is 2. The number of nitrogens with one attached hydrogen (secondary N) is 1. The number of hydrogen-bond acceptors (Lipinski definition) is 4. The van der Waals surface area contributed by atoms with E-state index in [0.717, 1.165) is 12.1 Å². The van der Waals surface area contributed by atoms with Crippen LogP contribution in [0.25, 0.3) is 0 Å². The third-order valence-electron chi connectivity index (χ3n) is 3.88. The maximum absolute atomic E-state index is 12.7. The van der Waals surface area contributed by atoms with Crippen molar-refractivity contribution in [1.82, 2.24) is 4.31 Å². The summed E-state index contributed by atoms with van der Waals surface area (Å²) in [7, 11) is -3.94. The molecule has 0 aromatic heterocycles.